The summed E-state index contributed by atoms with van der Waals surface area (Å²) in [5.74, 6) is 1.71. The van der Waals surface area contributed by atoms with Gasteiger partial charge >= 0.3 is 0 Å². The summed E-state index contributed by atoms with van der Waals surface area (Å²) in [5, 5.41) is 0.958. The lowest BCUT2D eigenvalue weighted by Gasteiger charge is -2.20. The minimum Gasteiger partial charge on any atom is -0.497 e. The summed E-state index contributed by atoms with van der Waals surface area (Å²) >= 11 is 3.46. The minimum absolute atomic E-state index is 0.670. The molecule has 0 radical (unpaired) electrons. The maximum absolute atomic E-state index is 5.71. The fourth-order valence-electron chi connectivity index (χ4n) is 1.64. The van der Waals surface area contributed by atoms with E-state index < -0.39 is 0 Å². The second-order valence-electron chi connectivity index (χ2n) is 4.05. The van der Waals surface area contributed by atoms with Crippen molar-refractivity contribution in [3.05, 3.63) is 24.3 Å². The second kappa shape index (κ2) is 10.1. The largest absolute Gasteiger partial charge is 0.497 e. The molecule has 19 heavy (non-hydrogen) atoms. The van der Waals surface area contributed by atoms with Crippen molar-refractivity contribution >= 4 is 15.9 Å². The number of rotatable bonds is 10. The molecule has 0 amide bonds. The zero-order valence-corrected chi connectivity index (χ0v) is 13.2. The van der Waals surface area contributed by atoms with E-state index in [0.29, 0.717) is 6.61 Å². The average molecular weight is 332 g/mol. The molecule has 0 saturated heterocycles. The first kappa shape index (κ1) is 16.3. The van der Waals surface area contributed by atoms with Crippen molar-refractivity contribution in [3.63, 3.8) is 0 Å². The topological polar surface area (TPSA) is 30.9 Å². The van der Waals surface area contributed by atoms with Crippen LogP contribution in [-0.4, -0.2) is 57.3 Å². The lowest BCUT2D eigenvalue weighted by atomic mass is 10.3. The van der Waals surface area contributed by atoms with Crippen LogP contribution in [0.5, 0.6) is 11.5 Å². The Kier molecular flexibility index (Phi) is 8.62. The molecule has 0 aliphatic rings. The highest BCUT2D eigenvalue weighted by atomic mass is 79.9. The molecule has 0 heterocycles. The van der Waals surface area contributed by atoms with Crippen molar-refractivity contribution in [2.45, 2.75) is 0 Å². The molecule has 1 aromatic rings. The third-order valence-corrected chi connectivity index (χ3v) is 3.10. The van der Waals surface area contributed by atoms with Gasteiger partial charge in [-0.05, 0) is 24.3 Å². The first-order valence-corrected chi connectivity index (χ1v) is 7.46. The number of hydrogen-bond acceptors (Lipinski definition) is 4. The van der Waals surface area contributed by atoms with E-state index in [4.69, 9.17) is 14.2 Å². The quantitative estimate of drug-likeness (QED) is 0.616. The molecule has 0 unspecified atom stereocenters. The number of alkyl halides is 1. The summed E-state index contributed by atoms with van der Waals surface area (Å²) < 4.78 is 15.9. The van der Waals surface area contributed by atoms with Gasteiger partial charge in [0.05, 0.1) is 13.7 Å². The maximum atomic E-state index is 5.71. The van der Waals surface area contributed by atoms with E-state index in [1.165, 1.54) is 0 Å². The molecular formula is C14H22BrNO3. The Hall–Kier alpha value is -0.780. The van der Waals surface area contributed by atoms with Gasteiger partial charge in [0.1, 0.15) is 18.1 Å². The Bertz CT molecular complexity index is 332. The number of ether oxygens (including phenoxy) is 3. The molecule has 0 aliphatic carbocycles. The summed E-state index contributed by atoms with van der Waals surface area (Å²) in [6, 6.07) is 7.64. The average Bonchev–Trinajstić information content (AvgIpc) is 2.45. The van der Waals surface area contributed by atoms with Crippen LogP contribution in [0.1, 0.15) is 0 Å². The van der Waals surface area contributed by atoms with Crippen LogP contribution in [-0.2, 0) is 4.74 Å². The standard InChI is InChI=1S/C14H22BrNO3/c1-17-11-9-16(8-7-15)10-12-19-14-5-3-13(18-2)4-6-14/h3-6H,7-12H2,1-2H3. The SMILES string of the molecule is COCCN(CCBr)CCOc1ccc(OC)cc1. The van der Waals surface area contributed by atoms with Gasteiger partial charge in [0.25, 0.3) is 0 Å². The Morgan fingerprint density at radius 1 is 0.947 bits per heavy atom. The van der Waals surface area contributed by atoms with Crippen LogP contribution < -0.4 is 9.47 Å². The van der Waals surface area contributed by atoms with Gasteiger partial charge in [-0.2, -0.15) is 0 Å². The summed E-state index contributed by atoms with van der Waals surface area (Å²) in [7, 11) is 3.38. The molecule has 0 aromatic heterocycles. The van der Waals surface area contributed by atoms with Crippen LogP contribution >= 0.6 is 15.9 Å². The zero-order chi connectivity index (χ0) is 13.9. The third kappa shape index (κ3) is 6.80. The number of benzene rings is 1. The third-order valence-electron chi connectivity index (χ3n) is 2.75. The van der Waals surface area contributed by atoms with E-state index in [0.717, 1.165) is 43.1 Å². The zero-order valence-electron chi connectivity index (χ0n) is 11.6. The lowest BCUT2D eigenvalue weighted by Crippen LogP contribution is -2.33. The van der Waals surface area contributed by atoms with Gasteiger partial charge in [0, 0.05) is 32.1 Å². The van der Waals surface area contributed by atoms with Crippen LogP contribution in [0.15, 0.2) is 24.3 Å². The first-order chi connectivity index (χ1) is 9.30. The van der Waals surface area contributed by atoms with E-state index in [2.05, 4.69) is 20.8 Å². The summed E-state index contributed by atoms with van der Waals surface area (Å²) in [5.41, 5.74) is 0. The molecule has 0 bridgehead atoms. The normalized spacial score (nSPS) is 10.7. The van der Waals surface area contributed by atoms with Crippen LogP contribution in [0, 0.1) is 0 Å². The summed E-state index contributed by atoms with van der Waals surface area (Å²) in [6.45, 7) is 4.23. The maximum Gasteiger partial charge on any atom is 0.119 e. The highest BCUT2D eigenvalue weighted by Gasteiger charge is 2.04. The van der Waals surface area contributed by atoms with Crippen molar-refractivity contribution in [1.82, 2.24) is 4.90 Å². The highest BCUT2D eigenvalue weighted by Crippen LogP contribution is 2.16. The van der Waals surface area contributed by atoms with E-state index >= 15 is 0 Å². The number of halogens is 1. The molecule has 1 aromatic carbocycles. The van der Waals surface area contributed by atoms with Gasteiger partial charge in [-0.25, -0.2) is 0 Å². The Balaban J connectivity index is 2.29. The van der Waals surface area contributed by atoms with E-state index in [1.807, 2.05) is 24.3 Å². The molecule has 1 rings (SSSR count). The lowest BCUT2D eigenvalue weighted by molar-refractivity contribution is 0.139. The number of methoxy groups -OCH3 is 2. The molecule has 0 saturated carbocycles. The smallest absolute Gasteiger partial charge is 0.119 e. The monoisotopic (exact) mass is 331 g/mol. The number of nitrogens with zero attached hydrogens (tertiary/aromatic N) is 1. The summed E-state index contributed by atoms with van der Waals surface area (Å²) in [6.07, 6.45) is 0. The van der Waals surface area contributed by atoms with Crippen LogP contribution in [0.4, 0.5) is 0 Å². The van der Waals surface area contributed by atoms with Crippen molar-refractivity contribution in [1.29, 1.82) is 0 Å². The minimum atomic E-state index is 0.670. The van der Waals surface area contributed by atoms with Gasteiger partial charge < -0.3 is 14.2 Å². The van der Waals surface area contributed by atoms with Crippen molar-refractivity contribution in [3.8, 4) is 11.5 Å². The van der Waals surface area contributed by atoms with Crippen LogP contribution in [0.25, 0.3) is 0 Å². The van der Waals surface area contributed by atoms with Crippen LogP contribution in [0.3, 0.4) is 0 Å². The first-order valence-electron chi connectivity index (χ1n) is 6.34. The molecule has 0 N–H and O–H groups in total. The number of hydrogen-bond donors (Lipinski definition) is 0. The molecule has 4 nitrogen and oxygen atoms in total. The fraction of sp³-hybridized carbons (Fsp3) is 0.571. The molecule has 108 valence electrons. The van der Waals surface area contributed by atoms with Gasteiger partial charge in [-0.3, -0.25) is 4.90 Å². The fourth-order valence-corrected chi connectivity index (χ4v) is 2.14. The molecule has 5 heteroatoms. The summed E-state index contributed by atoms with van der Waals surface area (Å²) in [4.78, 5) is 2.31. The predicted molar refractivity (Wildman–Crippen MR) is 80.6 cm³/mol. The van der Waals surface area contributed by atoms with Crippen molar-refractivity contribution in [2.24, 2.45) is 0 Å². The molecule has 0 aliphatic heterocycles. The second-order valence-corrected chi connectivity index (χ2v) is 4.84. The Labute approximate surface area is 123 Å². The van der Waals surface area contributed by atoms with E-state index in [1.54, 1.807) is 14.2 Å². The highest BCUT2D eigenvalue weighted by molar-refractivity contribution is 9.09. The molecule has 0 atom stereocenters. The van der Waals surface area contributed by atoms with Gasteiger partial charge in [-0.15, -0.1) is 0 Å². The van der Waals surface area contributed by atoms with E-state index in [9.17, 15) is 0 Å². The van der Waals surface area contributed by atoms with Gasteiger partial charge in [-0.1, -0.05) is 15.9 Å². The Morgan fingerprint density at radius 2 is 1.58 bits per heavy atom. The predicted octanol–water partition coefficient (Wildman–Crippen LogP) is 2.42. The van der Waals surface area contributed by atoms with Gasteiger partial charge in [0.2, 0.25) is 0 Å². The Morgan fingerprint density at radius 3 is 2.16 bits per heavy atom. The van der Waals surface area contributed by atoms with Crippen LogP contribution in [0.2, 0.25) is 0 Å². The molecular weight excluding hydrogens is 310 g/mol. The molecule has 0 fully saturated rings. The molecule has 0 spiro atoms. The van der Waals surface area contributed by atoms with Crippen molar-refractivity contribution in [2.75, 3.05) is 52.4 Å². The van der Waals surface area contributed by atoms with E-state index in [-0.39, 0.29) is 0 Å². The van der Waals surface area contributed by atoms with Gasteiger partial charge in [0.15, 0.2) is 0 Å². The van der Waals surface area contributed by atoms with Crippen molar-refractivity contribution < 1.29 is 14.2 Å².